The molecular weight excluding hydrogens is 242 g/mol. The highest BCUT2D eigenvalue weighted by Gasteiger charge is 2.19. The molecule has 0 unspecified atom stereocenters. The normalized spacial score (nSPS) is 22.9. The van der Waals surface area contributed by atoms with Crippen LogP contribution in [0.3, 0.4) is 0 Å². The molecule has 0 bridgehead atoms. The highest BCUT2D eigenvalue weighted by Crippen LogP contribution is 2.41. The van der Waals surface area contributed by atoms with Gasteiger partial charge >= 0.3 is 0 Å². The smallest absolute Gasteiger partial charge is 0.0486 e. The predicted molar refractivity (Wildman–Crippen MR) is 68.5 cm³/mol. The quantitative estimate of drug-likeness (QED) is 0.660. The van der Waals surface area contributed by atoms with Crippen molar-refractivity contribution in [2.75, 3.05) is 18.1 Å². The van der Waals surface area contributed by atoms with Crippen molar-refractivity contribution in [1.82, 2.24) is 4.90 Å². The fourth-order valence-electron chi connectivity index (χ4n) is 1.24. The molecular formula is C8H12ClNS3. The molecule has 0 aromatic rings. The van der Waals surface area contributed by atoms with Gasteiger partial charge in [0.2, 0.25) is 0 Å². The van der Waals surface area contributed by atoms with Crippen LogP contribution in [0.5, 0.6) is 0 Å². The lowest BCUT2D eigenvalue weighted by atomic mass is 10.3. The number of hydrogen-bond donors (Lipinski definition) is 0. The molecule has 0 aromatic heterocycles. The van der Waals surface area contributed by atoms with E-state index in [9.17, 15) is 0 Å². The minimum atomic E-state index is 0. The topological polar surface area (TPSA) is 3.24 Å². The van der Waals surface area contributed by atoms with Gasteiger partial charge in [-0.25, -0.2) is 0 Å². The van der Waals surface area contributed by atoms with E-state index in [0.717, 1.165) is 12.6 Å². The number of hydrogen-bond acceptors (Lipinski definition) is 4. The van der Waals surface area contributed by atoms with Gasteiger partial charge in [0.25, 0.3) is 0 Å². The molecule has 0 amide bonds. The maximum Gasteiger partial charge on any atom is 0.0486 e. The van der Waals surface area contributed by atoms with E-state index in [1.54, 1.807) is 0 Å². The van der Waals surface area contributed by atoms with E-state index in [4.69, 9.17) is 0 Å². The molecule has 74 valence electrons. The minimum absolute atomic E-state index is 0. The predicted octanol–water partition coefficient (Wildman–Crippen LogP) is 3.21. The van der Waals surface area contributed by atoms with Crippen molar-refractivity contribution < 1.29 is 0 Å². The average molecular weight is 254 g/mol. The van der Waals surface area contributed by atoms with Gasteiger partial charge in [-0.15, -0.1) is 12.4 Å². The lowest BCUT2D eigenvalue weighted by Gasteiger charge is -2.32. The first kappa shape index (κ1) is 11.7. The molecule has 5 heteroatoms. The molecule has 2 rings (SSSR count). The van der Waals surface area contributed by atoms with Crippen LogP contribution in [0.15, 0.2) is 24.4 Å². The summed E-state index contributed by atoms with van der Waals surface area (Å²) in [5, 5.41) is 0. The van der Waals surface area contributed by atoms with Crippen molar-refractivity contribution in [3.05, 3.63) is 24.4 Å². The van der Waals surface area contributed by atoms with Crippen molar-refractivity contribution >= 4 is 43.8 Å². The lowest BCUT2D eigenvalue weighted by molar-refractivity contribution is 0.349. The molecule has 0 spiro atoms. The Hall–Kier alpha value is 0.620. The highest BCUT2D eigenvalue weighted by molar-refractivity contribution is 9.09. The Morgan fingerprint density at radius 1 is 1.15 bits per heavy atom. The molecule has 0 saturated carbocycles. The molecule has 2 heterocycles. The van der Waals surface area contributed by atoms with Crippen LogP contribution in [0.4, 0.5) is 0 Å². The van der Waals surface area contributed by atoms with E-state index < -0.39 is 0 Å². The van der Waals surface area contributed by atoms with Gasteiger partial charge in [0, 0.05) is 24.1 Å². The summed E-state index contributed by atoms with van der Waals surface area (Å²) < 4.78 is 0. The van der Waals surface area contributed by atoms with Crippen LogP contribution < -0.4 is 0 Å². The third kappa shape index (κ3) is 3.35. The molecule has 13 heavy (non-hydrogen) atoms. The molecule has 0 radical (unpaired) electrons. The molecule has 1 saturated heterocycles. The third-order valence-corrected chi connectivity index (χ3v) is 6.29. The zero-order chi connectivity index (χ0) is 8.23. The van der Waals surface area contributed by atoms with Crippen LogP contribution in [0.25, 0.3) is 0 Å². The second kappa shape index (κ2) is 6.17. The van der Waals surface area contributed by atoms with Crippen LogP contribution in [0, 0.1) is 0 Å². The van der Waals surface area contributed by atoms with Gasteiger partial charge in [-0.05, 0) is 22.1 Å². The average Bonchev–Trinajstić information content (AvgIpc) is 2.21. The summed E-state index contributed by atoms with van der Waals surface area (Å²) in [5.74, 6) is 2.52. The first-order chi connectivity index (χ1) is 5.97. The molecule has 0 atom stereocenters. The maximum absolute atomic E-state index is 2.43. The first-order valence-corrected chi connectivity index (χ1v) is 7.79. The van der Waals surface area contributed by atoms with Crippen molar-refractivity contribution in [2.45, 2.75) is 6.04 Å². The zero-order valence-electron chi connectivity index (χ0n) is 7.09. The van der Waals surface area contributed by atoms with E-state index in [-0.39, 0.29) is 12.4 Å². The lowest BCUT2D eigenvalue weighted by Crippen LogP contribution is -2.36. The standard InChI is InChI=1S/C8H11NS3.ClH/c1-2-4-9(5-3-1)8-6-10-12-11-7-8;/h1-4,8H,5-7H2;1H. The summed E-state index contributed by atoms with van der Waals surface area (Å²) in [6.07, 6.45) is 8.67. The van der Waals surface area contributed by atoms with Crippen molar-refractivity contribution in [3.63, 3.8) is 0 Å². The van der Waals surface area contributed by atoms with Gasteiger partial charge in [-0.3, -0.25) is 0 Å². The second-order valence-corrected chi connectivity index (χ2v) is 7.08. The van der Waals surface area contributed by atoms with Crippen molar-refractivity contribution in [3.8, 4) is 0 Å². The number of rotatable bonds is 1. The van der Waals surface area contributed by atoms with Gasteiger partial charge in [0.15, 0.2) is 0 Å². The summed E-state index contributed by atoms with van der Waals surface area (Å²) in [4.78, 5) is 2.43. The monoisotopic (exact) mass is 253 g/mol. The Bertz CT molecular complexity index is 202. The molecule has 1 nitrogen and oxygen atoms in total. The Balaban J connectivity index is 0.000000845. The Morgan fingerprint density at radius 3 is 2.54 bits per heavy atom. The maximum atomic E-state index is 2.43. The number of allylic oxidation sites excluding steroid dienone is 2. The van der Waals surface area contributed by atoms with Gasteiger partial charge in [-0.2, -0.15) is 0 Å². The Morgan fingerprint density at radius 2 is 1.92 bits per heavy atom. The zero-order valence-corrected chi connectivity index (χ0v) is 10.4. The summed E-state index contributed by atoms with van der Waals surface area (Å²) in [5.41, 5.74) is 0. The van der Waals surface area contributed by atoms with Gasteiger partial charge in [-0.1, -0.05) is 33.7 Å². The molecule has 0 aliphatic carbocycles. The third-order valence-electron chi connectivity index (χ3n) is 1.93. The van der Waals surface area contributed by atoms with E-state index in [1.165, 1.54) is 11.5 Å². The summed E-state index contributed by atoms with van der Waals surface area (Å²) >= 11 is 0. The summed E-state index contributed by atoms with van der Waals surface area (Å²) in [6.45, 7) is 1.09. The van der Waals surface area contributed by atoms with Gasteiger partial charge in [0.05, 0.1) is 0 Å². The largest absolute Gasteiger partial charge is 0.369 e. The molecule has 2 aliphatic rings. The van der Waals surface area contributed by atoms with Crippen LogP contribution >= 0.6 is 43.8 Å². The highest BCUT2D eigenvalue weighted by atomic mass is 35.5. The summed E-state index contributed by atoms with van der Waals surface area (Å²) in [7, 11) is 5.88. The molecule has 0 aromatic carbocycles. The van der Waals surface area contributed by atoms with Crippen LogP contribution in [0.1, 0.15) is 0 Å². The van der Waals surface area contributed by atoms with Crippen molar-refractivity contribution in [1.29, 1.82) is 0 Å². The van der Waals surface area contributed by atoms with E-state index in [2.05, 4.69) is 29.3 Å². The summed E-state index contributed by atoms with van der Waals surface area (Å²) in [6, 6.07) is 0.738. The Kier molecular flexibility index (Phi) is 5.55. The van der Waals surface area contributed by atoms with E-state index in [0.29, 0.717) is 0 Å². The fourth-order valence-corrected chi connectivity index (χ4v) is 5.59. The number of nitrogens with zero attached hydrogens (tertiary/aromatic N) is 1. The Labute approximate surface area is 97.0 Å². The van der Waals surface area contributed by atoms with Crippen LogP contribution in [0.2, 0.25) is 0 Å². The van der Waals surface area contributed by atoms with Crippen LogP contribution in [-0.2, 0) is 0 Å². The van der Waals surface area contributed by atoms with E-state index >= 15 is 0 Å². The van der Waals surface area contributed by atoms with E-state index in [1.807, 2.05) is 31.4 Å². The molecule has 2 aliphatic heterocycles. The SMILES string of the molecule is C1=CCN(C2CSSSC2)C=C1.Cl. The minimum Gasteiger partial charge on any atom is -0.369 e. The van der Waals surface area contributed by atoms with Crippen LogP contribution in [-0.4, -0.2) is 29.0 Å². The molecule has 0 N–H and O–H groups in total. The fraction of sp³-hybridized carbons (Fsp3) is 0.500. The van der Waals surface area contributed by atoms with Crippen molar-refractivity contribution in [2.24, 2.45) is 0 Å². The van der Waals surface area contributed by atoms with Gasteiger partial charge < -0.3 is 4.90 Å². The second-order valence-electron chi connectivity index (χ2n) is 2.76. The number of halogens is 1. The molecule has 1 fully saturated rings. The van der Waals surface area contributed by atoms with Gasteiger partial charge in [0.1, 0.15) is 0 Å². The first-order valence-electron chi connectivity index (χ1n) is 3.97.